The van der Waals surface area contributed by atoms with Crippen LogP contribution in [0.2, 0.25) is 0 Å². The lowest BCUT2D eigenvalue weighted by atomic mass is 9.85. The van der Waals surface area contributed by atoms with E-state index in [1.165, 1.54) is 45.3 Å². The zero-order valence-electron chi connectivity index (χ0n) is 12.1. The average molecular weight is 238 g/mol. The third kappa shape index (κ3) is 3.69. The molecule has 2 fully saturated rings. The first-order chi connectivity index (χ1) is 7.96. The van der Waals surface area contributed by atoms with Crippen molar-refractivity contribution in [2.75, 3.05) is 19.6 Å². The minimum absolute atomic E-state index is 0.386. The highest BCUT2D eigenvalue weighted by Gasteiger charge is 2.32. The largest absolute Gasteiger partial charge is 0.312 e. The second kappa shape index (κ2) is 5.27. The first-order valence-corrected chi connectivity index (χ1v) is 7.45. The second-order valence-electron chi connectivity index (χ2n) is 7.17. The highest BCUT2D eigenvalue weighted by molar-refractivity contribution is 4.90. The number of rotatable bonds is 3. The van der Waals surface area contributed by atoms with E-state index in [4.69, 9.17) is 0 Å². The lowest BCUT2D eigenvalue weighted by Gasteiger charge is -2.36. The van der Waals surface area contributed by atoms with E-state index in [1.54, 1.807) is 0 Å². The van der Waals surface area contributed by atoms with Gasteiger partial charge in [-0.3, -0.25) is 0 Å². The van der Waals surface area contributed by atoms with Crippen LogP contribution in [-0.4, -0.2) is 36.1 Å². The summed E-state index contributed by atoms with van der Waals surface area (Å²) >= 11 is 0. The van der Waals surface area contributed by atoms with Gasteiger partial charge < -0.3 is 10.2 Å². The number of nitrogens with one attached hydrogen (secondary N) is 1. The van der Waals surface area contributed by atoms with Crippen LogP contribution in [0.5, 0.6) is 0 Å². The van der Waals surface area contributed by atoms with E-state index >= 15 is 0 Å². The Morgan fingerprint density at radius 3 is 2.65 bits per heavy atom. The normalized spacial score (nSPS) is 34.4. The van der Waals surface area contributed by atoms with E-state index in [-0.39, 0.29) is 0 Å². The summed E-state index contributed by atoms with van der Waals surface area (Å²) in [7, 11) is 0. The Morgan fingerprint density at radius 1 is 1.29 bits per heavy atom. The summed E-state index contributed by atoms with van der Waals surface area (Å²) in [6.45, 7) is 13.3. The van der Waals surface area contributed by atoms with Gasteiger partial charge in [0.2, 0.25) is 0 Å². The van der Waals surface area contributed by atoms with Gasteiger partial charge in [-0.15, -0.1) is 0 Å². The van der Waals surface area contributed by atoms with Crippen molar-refractivity contribution >= 4 is 0 Å². The second-order valence-corrected chi connectivity index (χ2v) is 7.17. The summed E-state index contributed by atoms with van der Waals surface area (Å²) in [5, 5.41) is 3.66. The molecule has 2 nitrogen and oxygen atoms in total. The molecule has 2 atom stereocenters. The van der Waals surface area contributed by atoms with E-state index in [0.29, 0.717) is 5.54 Å². The predicted molar refractivity (Wildman–Crippen MR) is 74.2 cm³/mol. The molecule has 2 saturated heterocycles. The van der Waals surface area contributed by atoms with Gasteiger partial charge in [-0.05, 0) is 78.3 Å². The highest BCUT2D eigenvalue weighted by Crippen LogP contribution is 2.31. The van der Waals surface area contributed by atoms with Crippen molar-refractivity contribution in [3.63, 3.8) is 0 Å². The molecule has 0 aromatic rings. The first kappa shape index (κ1) is 13.4. The SMILES string of the molecule is CC(C)N1CCCC(CC2CNC(C)(C)C2)C1. The molecule has 0 bridgehead atoms. The smallest absolute Gasteiger partial charge is 0.0128 e. The quantitative estimate of drug-likeness (QED) is 0.813. The summed E-state index contributed by atoms with van der Waals surface area (Å²) in [5.74, 6) is 1.87. The minimum atomic E-state index is 0.386. The Bertz CT molecular complexity index is 247. The van der Waals surface area contributed by atoms with Gasteiger partial charge in [-0.2, -0.15) is 0 Å². The Hall–Kier alpha value is -0.0800. The number of nitrogens with zero attached hydrogens (tertiary/aromatic N) is 1. The van der Waals surface area contributed by atoms with Crippen LogP contribution in [0.15, 0.2) is 0 Å². The van der Waals surface area contributed by atoms with Gasteiger partial charge >= 0.3 is 0 Å². The number of hydrogen-bond acceptors (Lipinski definition) is 2. The fourth-order valence-corrected chi connectivity index (χ4v) is 3.68. The Kier molecular flexibility index (Phi) is 4.14. The van der Waals surface area contributed by atoms with E-state index in [1.807, 2.05) is 0 Å². The van der Waals surface area contributed by atoms with Crippen molar-refractivity contribution in [3.8, 4) is 0 Å². The van der Waals surface area contributed by atoms with Crippen LogP contribution in [-0.2, 0) is 0 Å². The van der Waals surface area contributed by atoms with Gasteiger partial charge in [0.15, 0.2) is 0 Å². The van der Waals surface area contributed by atoms with Gasteiger partial charge in [-0.25, -0.2) is 0 Å². The summed E-state index contributed by atoms with van der Waals surface area (Å²) in [5.41, 5.74) is 0.386. The molecule has 17 heavy (non-hydrogen) atoms. The summed E-state index contributed by atoms with van der Waals surface area (Å²) < 4.78 is 0. The summed E-state index contributed by atoms with van der Waals surface area (Å²) in [6.07, 6.45) is 5.68. The van der Waals surface area contributed by atoms with Crippen molar-refractivity contribution in [3.05, 3.63) is 0 Å². The van der Waals surface area contributed by atoms with Crippen LogP contribution in [0.4, 0.5) is 0 Å². The highest BCUT2D eigenvalue weighted by atomic mass is 15.2. The van der Waals surface area contributed by atoms with Crippen molar-refractivity contribution in [1.29, 1.82) is 0 Å². The average Bonchev–Trinajstić information content (AvgIpc) is 2.58. The lowest BCUT2D eigenvalue weighted by molar-refractivity contribution is 0.126. The topological polar surface area (TPSA) is 15.3 Å². The molecule has 100 valence electrons. The molecular weight excluding hydrogens is 208 g/mol. The van der Waals surface area contributed by atoms with E-state index in [2.05, 4.69) is 37.9 Å². The van der Waals surface area contributed by atoms with E-state index in [9.17, 15) is 0 Å². The molecule has 0 aromatic heterocycles. The van der Waals surface area contributed by atoms with Crippen molar-refractivity contribution in [2.24, 2.45) is 11.8 Å². The van der Waals surface area contributed by atoms with Crippen LogP contribution >= 0.6 is 0 Å². The van der Waals surface area contributed by atoms with Gasteiger partial charge in [0.25, 0.3) is 0 Å². The van der Waals surface area contributed by atoms with E-state index < -0.39 is 0 Å². The fourth-order valence-electron chi connectivity index (χ4n) is 3.68. The van der Waals surface area contributed by atoms with Crippen LogP contribution in [0.25, 0.3) is 0 Å². The minimum Gasteiger partial charge on any atom is -0.312 e. The Labute approximate surface area is 107 Å². The predicted octanol–water partition coefficient (Wildman–Crippen LogP) is 2.89. The molecule has 2 aliphatic heterocycles. The molecule has 2 heterocycles. The molecule has 2 unspecified atom stereocenters. The Morgan fingerprint density at radius 2 is 2.06 bits per heavy atom. The molecule has 2 heteroatoms. The van der Waals surface area contributed by atoms with Gasteiger partial charge in [0.1, 0.15) is 0 Å². The molecule has 0 aromatic carbocycles. The zero-order valence-corrected chi connectivity index (χ0v) is 12.1. The molecule has 0 radical (unpaired) electrons. The maximum absolute atomic E-state index is 3.66. The third-order valence-corrected chi connectivity index (χ3v) is 4.62. The van der Waals surface area contributed by atoms with Gasteiger partial charge in [0, 0.05) is 18.1 Å². The number of piperidine rings is 1. The molecule has 0 aliphatic carbocycles. The van der Waals surface area contributed by atoms with Crippen LogP contribution in [0.1, 0.15) is 53.4 Å². The molecule has 2 aliphatic rings. The number of hydrogen-bond donors (Lipinski definition) is 1. The van der Waals surface area contributed by atoms with Crippen LogP contribution in [0.3, 0.4) is 0 Å². The van der Waals surface area contributed by atoms with Crippen molar-refractivity contribution in [1.82, 2.24) is 10.2 Å². The standard InChI is InChI=1S/C15H30N2/c1-12(2)17-7-5-6-13(11-17)8-14-9-15(3,4)16-10-14/h12-14,16H,5-11H2,1-4H3. The van der Waals surface area contributed by atoms with Crippen LogP contribution in [0, 0.1) is 11.8 Å². The monoisotopic (exact) mass is 238 g/mol. The fraction of sp³-hybridized carbons (Fsp3) is 1.00. The molecular formula is C15H30N2. The maximum Gasteiger partial charge on any atom is 0.0128 e. The molecule has 2 rings (SSSR count). The van der Waals surface area contributed by atoms with Crippen LogP contribution < -0.4 is 5.32 Å². The zero-order chi connectivity index (χ0) is 12.5. The number of likely N-dealkylation sites (tertiary alicyclic amines) is 1. The third-order valence-electron chi connectivity index (χ3n) is 4.62. The first-order valence-electron chi connectivity index (χ1n) is 7.45. The molecule has 1 N–H and O–H groups in total. The lowest BCUT2D eigenvalue weighted by Crippen LogP contribution is -2.40. The maximum atomic E-state index is 3.66. The van der Waals surface area contributed by atoms with Gasteiger partial charge in [-0.1, -0.05) is 0 Å². The van der Waals surface area contributed by atoms with Crippen molar-refractivity contribution in [2.45, 2.75) is 65.0 Å². The summed E-state index contributed by atoms with van der Waals surface area (Å²) in [4.78, 5) is 2.67. The Balaban J connectivity index is 1.79. The van der Waals surface area contributed by atoms with E-state index in [0.717, 1.165) is 17.9 Å². The summed E-state index contributed by atoms with van der Waals surface area (Å²) in [6, 6.07) is 0.732. The molecule has 0 amide bonds. The van der Waals surface area contributed by atoms with Gasteiger partial charge in [0.05, 0.1) is 0 Å². The molecule has 0 spiro atoms. The molecule has 0 saturated carbocycles. The van der Waals surface area contributed by atoms with Crippen molar-refractivity contribution < 1.29 is 0 Å².